The zero-order chi connectivity index (χ0) is 3.58. The van der Waals surface area contributed by atoms with Gasteiger partial charge in [-0.3, -0.25) is 0 Å². The molecule has 0 aliphatic heterocycles. The molecule has 0 amide bonds. The van der Waals surface area contributed by atoms with E-state index in [1.165, 1.54) is 0 Å². The summed E-state index contributed by atoms with van der Waals surface area (Å²) in [6.07, 6.45) is 0. The van der Waals surface area contributed by atoms with Crippen LogP contribution < -0.4 is 0 Å². The molecule has 0 heterocycles. The summed E-state index contributed by atoms with van der Waals surface area (Å²) in [5.74, 6) is 0. The topological polar surface area (TPSA) is 57.5 Å². The Hall–Kier alpha value is 0.214. The van der Waals surface area contributed by atoms with Gasteiger partial charge >= 0.3 is 26.4 Å². The summed E-state index contributed by atoms with van der Waals surface area (Å²) in [5.41, 5.74) is 0. The van der Waals surface area contributed by atoms with Gasteiger partial charge in [0.1, 0.15) is 0 Å². The molecule has 0 spiro atoms. The van der Waals surface area contributed by atoms with Crippen molar-refractivity contribution in [2.75, 3.05) is 0 Å². The molecule has 0 saturated carbocycles. The van der Waals surface area contributed by atoms with Gasteiger partial charge in [-0.25, -0.2) is 0 Å². The number of hydrogen-bond acceptors (Lipinski definition) is 1. The van der Waals surface area contributed by atoms with Crippen LogP contribution >= 0.6 is 0 Å². The summed E-state index contributed by atoms with van der Waals surface area (Å²) in [7, 11) is 0. The van der Waals surface area contributed by atoms with Gasteiger partial charge < -0.3 is 0 Å². The summed E-state index contributed by atoms with van der Waals surface area (Å²) in [5, 5.41) is 0. The molecule has 0 saturated heterocycles. The molecule has 2 N–H and O–H groups in total. The Morgan fingerprint density at radius 1 is 1.50 bits per heavy atom. The second-order valence-corrected chi connectivity index (χ2v) is 0.737. The first kappa shape index (κ1) is 4.21. The van der Waals surface area contributed by atoms with Crippen molar-refractivity contribution in [3.05, 3.63) is 0 Å². The first-order chi connectivity index (χ1) is 1.73. The molecule has 0 radical (unpaired) electrons. The molecule has 0 aromatic carbocycles. The van der Waals surface area contributed by atoms with E-state index >= 15 is 0 Å². The first-order valence-electron chi connectivity index (χ1n) is 0.412. The van der Waals surface area contributed by atoms with Gasteiger partial charge in [-0.1, -0.05) is 0 Å². The van der Waals surface area contributed by atoms with Crippen LogP contribution in [0.4, 0.5) is 0 Å². The predicted octanol–water partition coefficient (Wildman–Crippen LogP) is -1.24. The van der Waals surface area contributed by atoms with Crippen LogP contribution in [0.3, 0.4) is 0 Å². The Morgan fingerprint density at radius 3 is 1.50 bits per heavy atom. The predicted molar refractivity (Wildman–Crippen MR) is 5.12 cm³/mol. The second kappa shape index (κ2) is 1.52. The second-order valence-electron chi connectivity index (χ2n) is 0.179. The molecule has 0 aromatic rings. The molecule has 0 aliphatic rings. The molecule has 0 unspecified atom stereocenters. The van der Waals surface area contributed by atoms with Gasteiger partial charge in [0.05, 0.1) is 0 Å². The zero-order valence-corrected chi connectivity index (χ0v) is 2.61. The fourth-order valence-corrected chi connectivity index (χ4v) is 0. The van der Waals surface area contributed by atoms with Gasteiger partial charge in [-0.05, 0) is 0 Å². The summed E-state index contributed by atoms with van der Waals surface area (Å²) in [6, 6.07) is 0. The van der Waals surface area contributed by atoms with E-state index in [1.807, 2.05) is 0 Å². The van der Waals surface area contributed by atoms with Crippen molar-refractivity contribution in [3.8, 4) is 0 Å². The minimum atomic E-state index is -2.71. The van der Waals surface area contributed by atoms with Crippen molar-refractivity contribution in [3.63, 3.8) is 0 Å². The zero-order valence-electron chi connectivity index (χ0n) is 1.62. The summed E-state index contributed by atoms with van der Waals surface area (Å²) >= 11 is -2.71. The van der Waals surface area contributed by atoms with E-state index in [2.05, 4.69) is 0 Å². The molecule has 0 atom stereocenters. The molecule has 4 heteroatoms. The molecule has 0 bridgehead atoms. The van der Waals surface area contributed by atoms with Crippen LogP contribution in [0.2, 0.25) is 0 Å². The van der Waals surface area contributed by atoms with Crippen molar-refractivity contribution in [2.24, 2.45) is 0 Å². The fraction of sp³-hybridized carbons (Fsp3) is 0. The standard InChI is InChI=1S/Ni.2H2O.O/h;2*1H2;/q+2;;;/p-2. The average molecular weight is 109 g/mol. The quantitative estimate of drug-likeness (QED) is 0.382. The van der Waals surface area contributed by atoms with Crippen LogP contribution in [0.5, 0.6) is 0 Å². The van der Waals surface area contributed by atoms with Crippen LogP contribution in [0.1, 0.15) is 0 Å². The van der Waals surface area contributed by atoms with Crippen molar-refractivity contribution in [1.82, 2.24) is 0 Å². The van der Waals surface area contributed by atoms with E-state index < -0.39 is 14.0 Å². The molecule has 3 nitrogen and oxygen atoms in total. The molecule has 0 rings (SSSR count). The molecular weight excluding hydrogens is 107 g/mol. The Labute approximate surface area is 27.3 Å². The first-order valence-corrected chi connectivity index (χ1v) is 1.70. The van der Waals surface area contributed by atoms with Gasteiger partial charge in [0.25, 0.3) is 0 Å². The molecule has 0 aromatic heterocycles. The maximum absolute atomic E-state index is 8.68. The van der Waals surface area contributed by atoms with Gasteiger partial charge in [-0.2, -0.15) is 0 Å². The van der Waals surface area contributed by atoms with E-state index in [9.17, 15) is 0 Å². The molecular formula is H2NiO3. The normalized spacial score (nSPS) is 11.0. The van der Waals surface area contributed by atoms with E-state index in [4.69, 9.17) is 12.4 Å². The van der Waals surface area contributed by atoms with Crippen molar-refractivity contribution in [2.45, 2.75) is 0 Å². The average Bonchev–Trinajstić information content (AvgIpc) is 0.811. The van der Waals surface area contributed by atoms with Crippen LogP contribution in [0.15, 0.2) is 0 Å². The van der Waals surface area contributed by atoms with Crippen molar-refractivity contribution < 1.29 is 26.4 Å². The van der Waals surface area contributed by atoms with Crippen molar-refractivity contribution in [1.29, 1.82) is 0 Å². The Balaban J connectivity index is 2.80. The molecule has 0 aliphatic carbocycles. The van der Waals surface area contributed by atoms with E-state index in [0.717, 1.165) is 0 Å². The monoisotopic (exact) mass is 108 g/mol. The minimum absolute atomic E-state index is 2.71. The summed E-state index contributed by atoms with van der Waals surface area (Å²) in [4.78, 5) is 0. The fourth-order valence-electron chi connectivity index (χ4n) is 0. The van der Waals surface area contributed by atoms with Crippen LogP contribution in [-0.4, -0.2) is 8.50 Å². The van der Waals surface area contributed by atoms with Crippen LogP contribution in [0.25, 0.3) is 0 Å². The van der Waals surface area contributed by atoms with Gasteiger partial charge in [0, 0.05) is 0 Å². The van der Waals surface area contributed by atoms with Crippen LogP contribution in [-0.2, 0) is 17.9 Å². The Bertz CT molecular complexity index is 26.3. The van der Waals surface area contributed by atoms with E-state index in [0.29, 0.717) is 0 Å². The summed E-state index contributed by atoms with van der Waals surface area (Å²) < 4.78 is 22.9. The van der Waals surface area contributed by atoms with Crippen molar-refractivity contribution >= 4 is 0 Å². The van der Waals surface area contributed by atoms with E-state index in [-0.39, 0.29) is 0 Å². The third-order valence-electron chi connectivity index (χ3n) is 0. The van der Waals surface area contributed by atoms with Gasteiger partial charge in [0.15, 0.2) is 0 Å². The third-order valence-corrected chi connectivity index (χ3v) is 0. The Morgan fingerprint density at radius 2 is 1.50 bits per heavy atom. The Kier molecular flexibility index (Phi) is 1.61. The van der Waals surface area contributed by atoms with Gasteiger partial charge in [-0.15, -0.1) is 0 Å². The number of hydrogen-bond donors (Lipinski definition) is 2. The maximum atomic E-state index is 8.68. The van der Waals surface area contributed by atoms with Crippen LogP contribution in [0, 0.1) is 0 Å². The molecule has 0 fully saturated rings. The summed E-state index contributed by atoms with van der Waals surface area (Å²) in [6.45, 7) is 0. The van der Waals surface area contributed by atoms with Gasteiger partial charge in [0.2, 0.25) is 0 Å². The molecule has 4 heavy (non-hydrogen) atoms. The van der Waals surface area contributed by atoms with E-state index in [1.54, 1.807) is 0 Å². The number of rotatable bonds is 0. The molecule has 30 valence electrons. The third kappa shape index (κ3) is 71.5. The SMILES string of the molecule is [O]=[Ni]([OH])[OH].